The van der Waals surface area contributed by atoms with E-state index >= 15 is 0 Å². The topological polar surface area (TPSA) is 37.3 Å². The number of aromatic hydroxyl groups is 1. The summed E-state index contributed by atoms with van der Waals surface area (Å²) in [6.07, 6.45) is 7.13. The molecule has 0 aromatic heterocycles. The van der Waals surface area contributed by atoms with Crippen LogP contribution in [-0.4, -0.2) is 11.4 Å². The van der Waals surface area contributed by atoms with Crippen molar-refractivity contribution in [1.82, 2.24) is 0 Å². The Morgan fingerprint density at radius 2 is 1.85 bits per heavy atom. The van der Waals surface area contributed by atoms with Crippen LogP contribution in [0, 0.1) is 0 Å². The average Bonchev–Trinajstić information content (AvgIpc) is 2.15. The number of hydrogen-bond donors (Lipinski definition) is 1. The van der Waals surface area contributed by atoms with Gasteiger partial charge in [-0.15, -0.1) is 0 Å². The molecule has 0 unspecified atom stereocenters. The Labute approximate surface area is 76.8 Å². The van der Waals surface area contributed by atoms with Crippen LogP contribution >= 0.6 is 0 Å². The minimum Gasteiger partial charge on any atom is -0.507 e. The van der Waals surface area contributed by atoms with Crippen LogP contribution in [0.4, 0.5) is 0 Å². The monoisotopic (exact) mass is 174 g/mol. The summed E-state index contributed by atoms with van der Waals surface area (Å²) in [6.45, 7) is 0. The highest BCUT2D eigenvalue weighted by Gasteiger charge is 1.91. The number of carbonyl (C=O) groups excluding carboxylic acids is 1. The minimum atomic E-state index is 0.234. The summed E-state index contributed by atoms with van der Waals surface area (Å²) in [5, 5.41) is 9.32. The van der Waals surface area contributed by atoms with Crippen molar-refractivity contribution < 1.29 is 9.90 Å². The Bertz CT molecular complexity index is 338. The van der Waals surface area contributed by atoms with Crippen molar-refractivity contribution in [1.29, 1.82) is 0 Å². The van der Waals surface area contributed by atoms with E-state index < -0.39 is 0 Å². The standard InChI is InChI=1S/C11H10O2/c12-9-5-1-2-6-10-7-3-4-8-11(10)13/h1-9,13H. The van der Waals surface area contributed by atoms with Crippen molar-refractivity contribution in [2.24, 2.45) is 0 Å². The van der Waals surface area contributed by atoms with Crippen LogP contribution in [0.3, 0.4) is 0 Å². The summed E-state index contributed by atoms with van der Waals surface area (Å²) < 4.78 is 0. The van der Waals surface area contributed by atoms with Gasteiger partial charge in [0.1, 0.15) is 12.0 Å². The molecular weight excluding hydrogens is 164 g/mol. The fourth-order valence-electron chi connectivity index (χ4n) is 0.897. The Balaban J connectivity index is 2.74. The number of phenols is 1. The van der Waals surface area contributed by atoms with Crippen LogP contribution in [0.5, 0.6) is 5.75 Å². The first-order chi connectivity index (χ1) is 6.34. The molecule has 0 radical (unpaired) electrons. The number of hydrogen-bond acceptors (Lipinski definition) is 2. The average molecular weight is 174 g/mol. The van der Waals surface area contributed by atoms with Gasteiger partial charge in [-0.05, 0) is 12.1 Å². The number of allylic oxidation sites excluding steroid dienone is 3. The third-order valence-corrected chi connectivity index (χ3v) is 1.51. The molecule has 0 amide bonds. The lowest BCUT2D eigenvalue weighted by molar-refractivity contribution is -0.104. The third-order valence-electron chi connectivity index (χ3n) is 1.51. The molecule has 0 spiro atoms. The van der Waals surface area contributed by atoms with Gasteiger partial charge in [-0.3, -0.25) is 4.79 Å². The van der Waals surface area contributed by atoms with Gasteiger partial charge in [0, 0.05) is 5.56 Å². The predicted octanol–water partition coefficient (Wildman–Crippen LogP) is 2.16. The fourth-order valence-corrected chi connectivity index (χ4v) is 0.897. The molecule has 0 fully saturated rings. The van der Waals surface area contributed by atoms with Crippen molar-refractivity contribution >= 4 is 12.4 Å². The Morgan fingerprint density at radius 3 is 2.54 bits per heavy atom. The minimum absolute atomic E-state index is 0.234. The van der Waals surface area contributed by atoms with Crippen molar-refractivity contribution in [3.8, 4) is 5.75 Å². The summed E-state index contributed by atoms with van der Waals surface area (Å²) in [5.41, 5.74) is 0.734. The van der Waals surface area contributed by atoms with Gasteiger partial charge in [-0.1, -0.05) is 36.4 Å². The van der Waals surface area contributed by atoms with Crippen LogP contribution in [-0.2, 0) is 4.79 Å². The fraction of sp³-hybridized carbons (Fsp3) is 0. The second-order valence-electron chi connectivity index (χ2n) is 2.44. The van der Waals surface area contributed by atoms with Crippen LogP contribution in [0.25, 0.3) is 6.08 Å². The highest BCUT2D eigenvalue weighted by molar-refractivity contribution is 5.66. The van der Waals surface area contributed by atoms with E-state index in [9.17, 15) is 9.90 Å². The molecule has 0 heterocycles. The maximum atomic E-state index is 9.91. The molecule has 0 atom stereocenters. The van der Waals surface area contributed by atoms with E-state index in [1.54, 1.807) is 36.4 Å². The summed E-state index contributed by atoms with van der Waals surface area (Å²) in [6, 6.07) is 7.00. The van der Waals surface area contributed by atoms with Gasteiger partial charge in [0.25, 0.3) is 0 Å². The van der Waals surface area contributed by atoms with E-state index in [2.05, 4.69) is 0 Å². The number of aldehydes is 1. The van der Waals surface area contributed by atoms with E-state index in [1.165, 1.54) is 6.08 Å². The smallest absolute Gasteiger partial charge is 0.142 e. The van der Waals surface area contributed by atoms with Gasteiger partial charge in [0.15, 0.2) is 0 Å². The quantitative estimate of drug-likeness (QED) is 0.433. The summed E-state index contributed by atoms with van der Waals surface area (Å²) in [5.74, 6) is 0.234. The number of carbonyl (C=O) groups is 1. The SMILES string of the molecule is O=CC=CC=Cc1ccccc1O. The van der Waals surface area contributed by atoms with Gasteiger partial charge >= 0.3 is 0 Å². The lowest BCUT2D eigenvalue weighted by Crippen LogP contribution is -1.71. The molecular formula is C11H10O2. The van der Waals surface area contributed by atoms with E-state index in [0.29, 0.717) is 6.29 Å². The molecule has 0 aliphatic heterocycles. The van der Waals surface area contributed by atoms with Crippen molar-refractivity contribution in [2.45, 2.75) is 0 Å². The highest BCUT2D eigenvalue weighted by atomic mass is 16.3. The molecule has 0 aliphatic rings. The van der Waals surface area contributed by atoms with Gasteiger partial charge in [0.2, 0.25) is 0 Å². The first-order valence-electron chi connectivity index (χ1n) is 3.91. The normalized spacial score (nSPS) is 11.1. The lowest BCUT2D eigenvalue weighted by atomic mass is 10.2. The molecule has 1 aromatic carbocycles. The molecule has 2 heteroatoms. The molecule has 2 nitrogen and oxygen atoms in total. The first-order valence-corrected chi connectivity index (χ1v) is 3.91. The zero-order valence-corrected chi connectivity index (χ0v) is 7.05. The van der Waals surface area contributed by atoms with Gasteiger partial charge in [0.05, 0.1) is 0 Å². The Hall–Kier alpha value is -1.83. The first kappa shape index (κ1) is 9.26. The van der Waals surface area contributed by atoms with Gasteiger partial charge < -0.3 is 5.11 Å². The second kappa shape index (κ2) is 4.93. The number of benzene rings is 1. The summed E-state index contributed by atoms with van der Waals surface area (Å²) in [4.78, 5) is 9.91. The molecule has 1 N–H and O–H groups in total. The molecule has 13 heavy (non-hydrogen) atoms. The molecule has 1 rings (SSSR count). The van der Waals surface area contributed by atoms with Crippen molar-refractivity contribution in [2.75, 3.05) is 0 Å². The van der Waals surface area contributed by atoms with Crippen LogP contribution in [0.2, 0.25) is 0 Å². The zero-order valence-electron chi connectivity index (χ0n) is 7.05. The van der Waals surface area contributed by atoms with Crippen LogP contribution in [0.1, 0.15) is 5.56 Å². The Morgan fingerprint density at radius 1 is 1.08 bits per heavy atom. The van der Waals surface area contributed by atoms with Gasteiger partial charge in [-0.25, -0.2) is 0 Å². The van der Waals surface area contributed by atoms with Crippen LogP contribution in [0.15, 0.2) is 42.5 Å². The van der Waals surface area contributed by atoms with E-state index in [0.717, 1.165) is 5.56 Å². The highest BCUT2D eigenvalue weighted by Crippen LogP contribution is 2.16. The molecule has 0 aliphatic carbocycles. The predicted molar refractivity (Wildman–Crippen MR) is 52.3 cm³/mol. The van der Waals surface area contributed by atoms with E-state index in [1.807, 2.05) is 6.07 Å². The Kier molecular flexibility index (Phi) is 3.51. The van der Waals surface area contributed by atoms with Crippen LogP contribution < -0.4 is 0 Å². The molecule has 0 bridgehead atoms. The number of phenolic OH excluding ortho intramolecular Hbond substituents is 1. The molecule has 66 valence electrons. The summed E-state index contributed by atoms with van der Waals surface area (Å²) in [7, 11) is 0. The summed E-state index contributed by atoms with van der Waals surface area (Å²) >= 11 is 0. The maximum Gasteiger partial charge on any atom is 0.142 e. The van der Waals surface area contributed by atoms with E-state index in [-0.39, 0.29) is 5.75 Å². The molecule has 0 saturated carbocycles. The van der Waals surface area contributed by atoms with Crippen molar-refractivity contribution in [3.05, 3.63) is 48.1 Å². The zero-order chi connectivity index (χ0) is 9.52. The molecule has 1 aromatic rings. The van der Waals surface area contributed by atoms with Crippen molar-refractivity contribution in [3.63, 3.8) is 0 Å². The number of rotatable bonds is 3. The second-order valence-corrected chi connectivity index (χ2v) is 2.44. The van der Waals surface area contributed by atoms with Gasteiger partial charge in [-0.2, -0.15) is 0 Å². The third kappa shape index (κ3) is 2.95. The molecule has 0 saturated heterocycles. The largest absolute Gasteiger partial charge is 0.507 e. The maximum absolute atomic E-state index is 9.91. The lowest BCUT2D eigenvalue weighted by Gasteiger charge is -1.95. The van der Waals surface area contributed by atoms with E-state index in [4.69, 9.17) is 0 Å². The number of para-hydroxylation sites is 1.